The van der Waals surface area contributed by atoms with Gasteiger partial charge in [0, 0.05) is 42.5 Å². The Bertz CT molecular complexity index is 1060. The number of benzene rings is 1. The average molecular weight is 415 g/mol. The van der Waals surface area contributed by atoms with Crippen LogP contribution in [-0.4, -0.2) is 45.0 Å². The number of carbonyl (C=O) groups excluding carboxylic acids is 2. The molecule has 1 saturated heterocycles. The average Bonchev–Trinajstić information content (AvgIpc) is 3.39. The minimum Gasteiger partial charge on any atom is -0.361 e. The minimum atomic E-state index is -0.408. The highest BCUT2D eigenvalue weighted by molar-refractivity contribution is 7.15. The number of fused-ring (bicyclic) bond motifs is 1. The molecule has 152 valence electrons. The van der Waals surface area contributed by atoms with Crippen molar-refractivity contribution in [2.45, 2.75) is 32.6 Å². The molecule has 29 heavy (non-hydrogen) atoms. The molecule has 1 aromatic carbocycles. The van der Waals surface area contributed by atoms with Gasteiger partial charge in [-0.2, -0.15) is 0 Å². The van der Waals surface area contributed by atoms with Crippen molar-refractivity contribution in [3.05, 3.63) is 40.8 Å². The first kappa shape index (κ1) is 19.5. The fourth-order valence-electron chi connectivity index (χ4n) is 3.50. The minimum absolute atomic E-state index is 0.0451. The molecule has 0 bridgehead atoms. The summed E-state index contributed by atoms with van der Waals surface area (Å²) in [7, 11) is 0. The van der Waals surface area contributed by atoms with E-state index in [-0.39, 0.29) is 30.0 Å². The van der Waals surface area contributed by atoms with Crippen molar-refractivity contribution in [2.24, 2.45) is 5.92 Å². The van der Waals surface area contributed by atoms with Crippen LogP contribution in [0.15, 0.2) is 24.4 Å². The number of carbonyl (C=O) groups is 2. The molecule has 1 atom stereocenters. The van der Waals surface area contributed by atoms with Crippen LogP contribution in [0.2, 0.25) is 0 Å². The normalized spacial score (nSPS) is 16.9. The van der Waals surface area contributed by atoms with Gasteiger partial charge >= 0.3 is 0 Å². The fraction of sp³-hybridized carbons (Fsp3) is 0.400. The summed E-state index contributed by atoms with van der Waals surface area (Å²) >= 11 is 1.35. The van der Waals surface area contributed by atoms with Crippen molar-refractivity contribution in [1.29, 1.82) is 0 Å². The van der Waals surface area contributed by atoms with Crippen LogP contribution in [0, 0.1) is 11.7 Å². The van der Waals surface area contributed by atoms with Crippen molar-refractivity contribution >= 4 is 39.2 Å². The number of nitrogens with one attached hydrogen (secondary N) is 2. The molecule has 7 nitrogen and oxygen atoms in total. The SMILES string of the molecule is CC(C)c1nnc(NC(=O)[C@H]2CC(=O)N(CCc3c[nH]c4ccc(F)cc34)C2)s1. The highest BCUT2D eigenvalue weighted by Gasteiger charge is 2.34. The van der Waals surface area contributed by atoms with Gasteiger partial charge in [-0.1, -0.05) is 25.2 Å². The van der Waals surface area contributed by atoms with E-state index in [1.807, 2.05) is 20.0 Å². The maximum Gasteiger partial charge on any atom is 0.231 e. The molecule has 2 aromatic heterocycles. The lowest BCUT2D eigenvalue weighted by Crippen LogP contribution is -2.30. The van der Waals surface area contributed by atoms with E-state index >= 15 is 0 Å². The second-order valence-corrected chi connectivity index (χ2v) is 8.59. The molecule has 9 heteroatoms. The van der Waals surface area contributed by atoms with E-state index in [1.54, 1.807) is 11.0 Å². The third kappa shape index (κ3) is 4.14. The van der Waals surface area contributed by atoms with Crippen LogP contribution >= 0.6 is 11.3 Å². The van der Waals surface area contributed by atoms with Gasteiger partial charge in [0.25, 0.3) is 0 Å². The smallest absolute Gasteiger partial charge is 0.231 e. The summed E-state index contributed by atoms with van der Waals surface area (Å²) < 4.78 is 13.5. The molecule has 4 rings (SSSR count). The summed E-state index contributed by atoms with van der Waals surface area (Å²) in [6, 6.07) is 4.61. The van der Waals surface area contributed by atoms with Gasteiger partial charge in [0.15, 0.2) is 0 Å². The van der Waals surface area contributed by atoms with E-state index in [0.29, 0.717) is 24.6 Å². The van der Waals surface area contributed by atoms with Crippen molar-refractivity contribution in [1.82, 2.24) is 20.1 Å². The topological polar surface area (TPSA) is 91.0 Å². The van der Waals surface area contributed by atoms with E-state index in [1.165, 1.54) is 23.5 Å². The zero-order valence-corrected chi connectivity index (χ0v) is 17.1. The molecule has 0 spiro atoms. The molecule has 2 N–H and O–H groups in total. The maximum atomic E-state index is 13.5. The van der Waals surface area contributed by atoms with Gasteiger partial charge in [-0.15, -0.1) is 10.2 Å². The third-order valence-corrected chi connectivity index (χ3v) is 6.27. The van der Waals surface area contributed by atoms with Crippen LogP contribution in [-0.2, 0) is 16.0 Å². The van der Waals surface area contributed by atoms with Gasteiger partial charge in [-0.3, -0.25) is 9.59 Å². The Balaban J connectivity index is 1.36. The number of aromatic amines is 1. The number of aromatic nitrogens is 3. The number of rotatable bonds is 6. The fourth-order valence-corrected chi connectivity index (χ4v) is 4.25. The first-order valence-electron chi connectivity index (χ1n) is 9.58. The molecule has 1 fully saturated rings. The molecule has 0 unspecified atom stereocenters. The van der Waals surface area contributed by atoms with Crippen molar-refractivity contribution < 1.29 is 14.0 Å². The van der Waals surface area contributed by atoms with E-state index in [0.717, 1.165) is 21.5 Å². The summed E-state index contributed by atoms with van der Waals surface area (Å²) in [4.78, 5) is 29.7. The molecule has 1 aliphatic heterocycles. The van der Waals surface area contributed by atoms with Crippen LogP contribution < -0.4 is 5.32 Å². The summed E-state index contributed by atoms with van der Waals surface area (Å²) in [6.45, 7) is 4.89. The van der Waals surface area contributed by atoms with Gasteiger partial charge in [0.1, 0.15) is 10.8 Å². The van der Waals surface area contributed by atoms with Gasteiger partial charge in [-0.05, 0) is 30.2 Å². The van der Waals surface area contributed by atoms with Crippen LogP contribution in [0.1, 0.15) is 36.8 Å². The van der Waals surface area contributed by atoms with E-state index < -0.39 is 5.92 Å². The molecule has 0 radical (unpaired) electrons. The van der Waals surface area contributed by atoms with Crippen LogP contribution in [0.25, 0.3) is 10.9 Å². The number of nitrogens with zero attached hydrogens (tertiary/aromatic N) is 3. The summed E-state index contributed by atoms with van der Waals surface area (Å²) in [6.07, 6.45) is 2.62. The summed E-state index contributed by atoms with van der Waals surface area (Å²) in [5, 5.41) is 13.0. The number of hydrogen-bond donors (Lipinski definition) is 2. The van der Waals surface area contributed by atoms with Gasteiger partial charge in [0.05, 0.1) is 5.92 Å². The highest BCUT2D eigenvalue weighted by atomic mass is 32.1. The number of H-pyrrole nitrogens is 1. The second-order valence-electron chi connectivity index (χ2n) is 7.58. The summed E-state index contributed by atoms with van der Waals surface area (Å²) in [5.41, 5.74) is 1.82. The molecule has 0 aliphatic carbocycles. The van der Waals surface area contributed by atoms with Crippen molar-refractivity contribution in [3.8, 4) is 0 Å². The summed E-state index contributed by atoms with van der Waals surface area (Å²) in [5.74, 6) is -0.698. The molecular weight excluding hydrogens is 393 g/mol. The molecule has 0 saturated carbocycles. The van der Waals surface area contributed by atoms with Crippen molar-refractivity contribution in [3.63, 3.8) is 0 Å². The second kappa shape index (κ2) is 7.90. The lowest BCUT2D eigenvalue weighted by molar-refractivity contribution is -0.128. The van der Waals surface area contributed by atoms with Gasteiger partial charge in [-0.25, -0.2) is 4.39 Å². The quantitative estimate of drug-likeness (QED) is 0.646. The van der Waals surface area contributed by atoms with Crippen LogP contribution in [0.4, 0.5) is 9.52 Å². The Morgan fingerprint density at radius 2 is 2.24 bits per heavy atom. The largest absolute Gasteiger partial charge is 0.361 e. The maximum absolute atomic E-state index is 13.5. The Hall–Kier alpha value is -2.81. The predicted octanol–water partition coefficient (Wildman–Crippen LogP) is 3.31. The van der Waals surface area contributed by atoms with E-state index in [9.17, 15) is 14.0 Å². The molecular formula is C20H22FN5O2S. The standard InChI is InChI=1S/C20H22FN5O2S/c1-11(2)19-24-25-20(29-19)23-18(28)13-7-17(27)26(10-13)6-5-12-9-22-16-4-3-14(21)8-15(12)16/h3-4,8-9,11,13,22H,5-7,10H2,1-2H3,(H,23,25,28)/t13-/m0/s1. The van der Waals surface area contributed by atoms with E-state index in [4.69, 9.17) is 0 Å². The Labute approximate surface area is 171 Å². The van der Waals surface area contributed by atoms with Crippen molar-refractivity contribution in [2.75, 3.05) is 18.4 Å². The molecule has 3 aromatic rings. The van der Waals surface area contributed by atoms with Crippen LogP contribution in [0.3, 0.4) is 0 Å². The Morgan fingerprint density at radius 3 is 3.00 bits per heavy atom. The monoisotopic (exact) mass is 415 g/mol. The van der Waals surface area contributed by atoms with Gasteiger partial charge < -0.3 is 15.2 Å². The zero-order chi connectivity index (χ0) is 20.5. The first-order valence-corrected chi connectivity index (χ1v) is 10.4. The Morgan fingerprint density at radius 1 is 1.41 bits per heavy atom. The molecule has 1 aliphatic rings. The van der Waals surface area contributed by atoms with E-state index in [2.05, 4.69) is 20.5 Å². The number of hydrogen-bond acceptors (Lipinski definition) is 5. The third-order valence-electron chi connectivity index (χ3n) is 5.13. The highest BCUT2D eigenvalue weighted by Crippen LogP contribution is 2.25. The number of likely N-dealkylation sites (tertiary alicyclic amines) is 1. The Kier molecular flexibility index (Phi) is 5.31. The number of anilines is 1. The number of amides is 2. The molecule has 3 heterocycles. The van der Waals surface area contributed by atoms with Gasteiger partial charge in [0.2, 0.25) is 16.9 Å². The predicted molar refractivity (Wildman–Crippen MR) is 109 cm³/mol. The first-order chi connectivity index (χ1) is 13.9. The zero-order valence-electron chi connectivity index (χ0n) is 16.2. The molecule has 2 amide bonds. The number of halogens is 1. The lowest BCUT2D eigenvalue weighted by atomic mass is 10.1. The lowest BCUT2D eigenvalue weighted by Gasteiger charge is -2.16. The van der Waals surface area contributed by atoms with Crippen LogP contribution in [0.5, 0.6) is 0 Å².